The van der Waals surface area contributed by atoms with Crippen LogP contribution in [0.5, 0.6) is 0 Å². The lowest BCUT2D eigenvalue weighted by Crippen LogP contribution is -2.50. The molecule has 0 saturated carbocycles. The van der Waals surface area contributed by atoms with Gasteiger partial charge in [0.2, 0.25) is 5.95 Å². The third kappa shape index (κ3) is 6.30. The van der Waals surface area contributed by atoms with E-state index < -0.39 is 29.0 Å². The Balaban J connectivity index is 1.50. The number of nitrogens with one attached hydrogen (secondary N) is 2. The molecule has 0 radical (unpaired) electrons. The number of alkyl halides is 3. The molecule has 1 aromatic heterocycles. The monoisotopic (exact) mass is 574 g/mol. The van der Waals surface area contributed by atoms with Gasteiger partial charge in [-0.25, -0.2) is 14.4 Å². The number of nitrogens with zero attached hydrogens (tertiary/aromatic N) is 6. The van der Waals surface area contributed by atoms with Gasteiger partial charge in [0.1, 0.15) is 5.82 Å². The van der Waals surface area contributed by atoms with Crippen LogP contribution in [0, 0.1) is 5.82 Å². The molecule has 3 aliphatic rings. The smallest absolute Gasteiger partial charge is 0.376 e. The first-order chi connectivity index (χ1) is 19.5. The second kappa shape index (κ2) is 11.6. The number of carbonyl (C=O) groups is 1. The van der Waals surface area contributed by atoms with E-state index in [1.807, 2.05) is 23.8 Å². The van der Waals surface area contributed by atoms with Crippen LogP contribution in [0.25, 0.3) is 11.1 Å². The lowest BCUT2D eigenvalue weighted by molar-refractivity contribution is -0.115. The Bertz CT molecular complexity index is 1340. The minimum atomic E-state index is -4.70. The molecular weight excluding hydrogens is 540 g/mol. The molecule has 0 bridgehead atoms. The van der Waals surface area contributed by atoms with E-state index in [0.29, 0.717) is 36.8 Å². The van der Waals surface area contributed by atoms with Crippen molar-refractivity contribution in [2.75, 3.05) is 81.6 Å². The van der Waals surface area contributed by atoms with Crippen molar-refractivity contribution < 1.29 is 22.4 Å². The molecule has 13 heteroatoms. The van der Waals surface area contributed by atoms with Crippen molar-refractivity contribution in [2.24, 2.45) is 0 Å². The van der Waals surface area contributed by atoms with E-state index in [4.69, 9.17) is 0 Å². The predicted molar refractivity (Wildman–Crippen MR) is 150 cm³/mol. The Labute approximate surface area is 236 Å². The van der Waals surface area contributed by atoms with E-state index in [1.165, 1.54) is 35.6 Å². The molecular formula is C28H34F4N8O. The molecule has 4 heterocycles. The number of hydrogen-bond acceptors (Lipinski definition) is 8. The Morgan fingerprint density at radius 1 is 1.05 bits per heavy atom. The Morgan fingerprint density at radius 2 is 1.76 bits per heavy atom. The first-order valence-electron chi connectivity index (χ1n) is 13.6. The summed E-state index contributed by atoms with van der Waals surface area (Å²) in [5.41, 5.74) is -0.354. The normalized spacial score (nSPS) is 20.6. The Morgan fingerprint density at radius 3 is 2.41 bits per heavy atom. The van der Waals surface area contributed by atoms with Crippen LogP contribution in [-0.2, 0) is 4.79 Å². The van der Waals surface area contributed by atoms with Crippen LogP contribution in [0.3, 0.4) is 0 Å². The molecule has 2 fully saturated rings. The lowest BCUT2D eigenvalue weighted by atomic mass is 10.0. The van der Waals surface area contributed by atoms with E-state index in [1.54, 1.807) is 7.05 Å². The minimum Gasteiger partial charge on any atom is -0.376 e. The number of piperazine rings is 2. The SMILES string of the molecule is C[C@H]1CN(c2cc(F)c(-c3cnc(N4CCNCC4)nc3)cc2NC(=O)C2=CN(C)CC=C2C(F)(F)F)CCN1C. The van der Waals surface area contributed by atoms with E-state index in [9.17, 15) is 18.0 Å². The lowest BCUT2D eigenvalue weighted by Gasteiger charge is -2.39. The molecule has 41 heavy (non-hydrogen) atoms. The van der Waals surface area contributed by atoms with Crippen LogP contribution in [0.2, 0.25) is 0 Å². The summed E-state index contributed by atoms with van der Waals surface area (Å²) in [4.78, 5) is 29.9. The summed E-state index contributed by atoms with van der Waals surface area (Å²) in [6.07, 6.45) is 0.524. The van der Waals surface area contributed by atoms with Crippen molar-refractivity contribution in [3.05, 3.63) is 53.8 Å². The molecule has 2 saturated heterocycles. The second-order valence-corrected chi connectivity index (χ2v) is 10.7. The van der Waals surface area contributed by atoms with Gasteiger partial charge in [-0.3, -0.25) is 4.79 Å². The summed E-state index contributed by atoms with van der Waals surface area (Å²) in [6.45, 7) is 7.01. The number of likely N-dealkylation sites (N-methyl/N-ethyl adjacent to an activating group) is 2. The molecule has 3 aliphatic heterocycles. The summed E-state index contributed by atoms with van der Waals surface area (Å²) in [5, 5.41) is 5.94. The largest absolute Gasteiger partial charge is 0.416 e. The van der Waals surface area contributed by atoms with Crippen molar-refractivity contribution in [2.45, 2.75) is 19.1 Å². The fourth-order valence-corrected chi connectivity index (χ4v) is 5.23. The minimum absolute atomic E-state index is 0.0285. The quantitative estimate of drug-likeness (QED) is 0.528. The van der Waals surface area contributed by atoms with Gasteiger partial charge in [-0.1, -0.05) is 6.08 Å². The van der Waals surface area contributed by atoms with Crippen molar-refractivity contribution in [3.8, 4) is 11.1 Å². The number of anilines is 3. The predicted octanol–water partition coefficient (Wildman–Crippen LogP) is 3.09. The highest BCUT2D eigenvalue weighted by Crippen LogP contribution is 2.38. The zero-order chi connectivity index (χ0) is 29.3. The zero-order valence-corrected chi connectivity index (χ0v) is 23.3. The summed E-state index contributed by atoms with van der Waals surface area (Å²) < 4.78 is 57.0. The summed E-state index contributed by atoms with van der Waals surface area (Å²) in [5.74, 6) is -0.936. The molecule has 0 unspecified atom stereocenters. The highest BCUT2D eigenvalue weighted by Gasteiger charge is 2.40. The second-order valence-electron chi connectivity index (χ2n) is 10.7. The summed E-state index contributed by atoms with van der Waals surface area (Å²) in [6, 6.07) is 2.93. The van der Waals surface area contributed by atoms with Gasteiger partial charge < -0.3 is 30.2 Å². The summed E-state index contributed by atoms with van der Waals surface area (Å²) >= 11 is 0. The molecule has 0 aliphatic carbocycles. The number of carbonyl (C=O) groups excluding carboxylic acids is 1. The van der Waals surface area contributed by atoms with E-state index in [-0.39, 0.29) is 23.8 Å². The van der Waals surface area contributed by atoms with Gasteiger partial charge in [0, 0.05) is 95.2 Å². The third-order valence-electron chi connectivity index (χ3n) is 7.76. The molecule has 1 amide bonds. The van der Waals surface area contributed by atoms with Crippen LogP contribution in [0.15, 0.2) is 47.9 Å². The Hall–Kier alpha value is -3.71. The average Bonchev–Trinajstić information content (AvgIpc) is 2.95. The summed E-state index contributed by atoms with van der Waals surface area (Å²) in [7, 11) is 3.59. The fraction of sp³-hybridized carbons (Fsp3) is 0.464. The van der Waals surface area contributed by atoms with Crippen LogP contribution < -0.4 is 20.4 Å². The van der Waals surface area contributed by atoms with Crippen molar-refractivity contribution in [3.63, 3.8) is 0 Å². The molecule has 5 rings (SSSR count). The van der Waals surface area contributed by atoms with E-state index in [2.05, 4.69) is 25.5 Å². The molecule has 2 N–H and O–H groups in total. The van der Waals surface area contributed by atoms with E-state index in [0.717, 1.165) is 32.3 Å². The molecule has 9 nitrogen and oxygen atoms in total. The number of halogens is 4. The van der Waals surface area contributed by atoms with Gasteiger partial charge in [-0.05, 0) is 26.1 Å². The maximum atomic E-state index is 15.7. The van der Waals surface area contributed by atoms with Crippen LogP contribution >= 0.6 is 0 Å². The maximum Gasteiger partial charge on any atom is 0.416 e. The van der Waals surface area contributed by atoms with Gasteiger partial charge in [-0.15, -0.1) is 0 Å². The van der Waals surface area contributed by atoms with Crippen molar-refractivity contribution in [1.29, 1.82) is 0 Å². The van der Waals surface area contributed by atoms with Gasteiger partial charge in [0.15, 0.2) is 0 Å². The van der Waals surface area contributed by atoms with Crippen LogP contribution in [0.4, 0.5) is 34.9 Å². The highest BCUT2D eigenvalue weighted by molar-refractivity contribution is 6.09. The van der Waals surface area contributed by atoms with Crippen molar-refractivity contribution in [1.82, 2.24) is 25.1 Å². The third-order valence-corrected chi connectivity index (χ3v) is 7.76. The first kappa shape index (κ1) is 28.8. The molecule has 0 spiro atoms. The molecule has 220 valence electrons. The molecule has 1 aromatic carbocycles. The average molecular weight is 575 g/mol. The van der Waals surface area contributed by atoms with Gasteiger partial charge >= 0.3 is 6.18 Å². The maximum absolute atomic E-state index is 15.7. The first-order valence-corrected chi connectivity index (χ1v) is 13.6. The number of hydrogen-bond donors (Lipinski definition) is 2. The number of aromatic nitrogens is 2. The van der Waals surface area contributed by atoms with Crippen LogP contribution in [0.1, 0.15) is 6.92 Å². The van der Waals surface area contributed by atoms with Gasteiger partial charge in [-0.2, -0.15) is 13.2 Å². The number of benzene rings is 1. The number of rotatable bonds is 5. The fourth-order valence-electron chi connectivity index (χ4n) is 5.23. The standard InChI is InChI=1S/C28H34F4N8O/c1-18-16-40(11-10-38(18)3)25-13-23(29)20(19-14-34-27(35-15-19)39-8-5-33-6-9-39)12-24(25)36-26(41)21-17-37(2)7-4-22(21)28(30,31)32/h4,12-15,17-18,33H,5-11,16H2,1-3H3,(H,36,41)/t18-/m0/s1. The van der Waals surface area contributed by atoms with E-state index >= 15 is 4.39 Å². The van der Waals surface area contributed by atoms with Gasteiger partial charge in [0.25, 0.3) is 5.91 Å². The molecule has 2 aromatic rings. The number of amides is 1. The Kier molecular flexibility index (Phi) is 8.18. The highest BCUT2D eigenvalue weighted by atomic mass is 19.4. The molecule has 1 atom stereocenters. The van der Waals surface area contributed by atoms with Crippen molar-refractivity contribution >= 4 is 23.2 Å². The topological polar surface area (TPSA) is 79.9 Å². The van der Waals surface area contributed by atoms with Crippen LogP contribution in [-0.4, -0.2) is 104 Å². The zero-order valence-electron chi connectivity index (χ0n) is 23.3. The van der Waals surface area contributed by atoms with Gasteiger partial charge in [0.05, 0.1) is 22.5 Å².